The van der Waals surface area contributed by atoms with Crippen LogP contribution >= 0.6 is 0 Å². The van der Waals surface area contributed by atoms with Crippen LogP contribution in [0.15, 0.2) is 17.3 Å². The van der Waals surface area contributed by atoms with E-state index in [1.807, 2.05) is 0 Å². The van der Waals surface area contributed by atoms with E-state index in [1.54, 1.807) is 20.8 Å². The molecule has 2 rings (SSSR count). The van der Waals surface area contributed by atoms with Gasteiger partial charge in [0.05, 0.1) is 11.4 Å². The van der Waals surface area contributed by atoms with Crippen LogP contribution in [0.1, 0.15) is 46.5 Å². The molecule has 1 aromatic heterocycles. The molecule has 118 valence electrons. The predicted octanol–water partition coefficient (Wildman–Crippen LogP) is 1.46. The molecular formula is C14H23N3O3S. The molecule has 0 aromatic carbocycles. The van der Waals surface area contributed by atoms with Gasteiger partial charge in [0.25, 0.3) is 0 Å². The van der Waals surface area contributed by atoms with Gasteiger partial charge < -0.3 is 5.73 Å². The minimum atomic E-state index is -3.40. The number of rotatable bonds is 5. The highest BCUT2D eigenvalue weighted by Gasteiger charge is 2.44. The second-order valence-electron chi connectivity index (χ2n) is 6.21. The third-order valence-electron chi connectivity index (χ3n) is 4.63. The molecule has 1 aliphatic carbocycles. The molecule has 1 unspecified atom stereocenters. The number of hydrogen-bond donors (Lipinski definition) is 1. The summed E-state index contributed by atoms with van der Waals surface area (Å²) in [5.41, 5.74) is 4.64. The van der Waals surface area contributed by atoms with Crippen molar-refractivity contribution in [3.05, 3.63) is 12.4 Å². The van der Waals surface area contributed by atoms with Crippen molar-refractivity contribution in [1.82, 2.24) is 9.78 Å². The topological polar surface area (TPSA) is 95.1 Å². The Balaban J connectivity index is 2.44. The third-order valence-corrected chi connectivity index (χ3v) is 6.74. The lowest BCUT2D eigenvalue weighted by molar-refractivity contribution is -0.129. The van der Waals surface area contributed by atoms with Crippen molar-refractivity contribution in [3.8, 4) is 0 Å². The van der Waals surface area contributed by atoms with Crippen molar-refractivity contribution in [3.63, 3.8) is 0 Å². The molecule has 21 heavy (non-hydrogen) atoms. The Morgan fingerprint density at radius 3 is 2.48 bits per heavy atom. The fourth-order valence-electron chi connectivity index (χ4n) is 2.97. The van der Waals surface area contributed by atoms with E-state index >= 15 is 0 Å². The Morgan fingerprint density at radius 2 is 2.00 bits per heavy atom. The van der Waals surface area contributed by atoms with Crippen LogP contribution in [-0.4, -0.2) is 29.4 Å². The molecule has 0 spiro atoms. The number of nitrogens with zero attached hydrogens (tertiary/aromatic N) is 2. The first kappa shape index (κ1) is 16.0. The summed E-state index contributed by atoms with van der Waals surface area (Å²) < 4.78 is 25.8. The van der Waals surface area contributed by atoms with Gasteiger partial charge in [0, 0.05) is 6.20 Å². The smallest absolute Gasteiger partial charge is 0.245 e. The number of amides is 1. The summed E-state index contributed by atoms with van der Waals surface area (Å²) in [7, 11) is -3.40. The van der Waals surface area contributed by atoms with Gasteiger partial charge in [-0.25, -0.2) is 8.42 Å². The second-order valence-corrected chi connectivity index (χ2v) is 8.71. The molecule has 0 aliphatic heterocycles. The van der Waals surface area contributed by atoms with Crippen molar-refractivity contribution in [1.29, 1.82) is 0 Å². The number of hydrogen-bond acceptors (Lipinski definition) is 4. The summed E-state index contributed by atoms with van der Waals surface area (Å²) in [6.45, 7) is 5.00. The standard InChI is InChI=1S/C14H23N3O3S/c1-10(2)21(19,20)12-8-16-17(9-12)14(3,13(15)18)11-6-4-5-7-11/h8-11H,4-7H2,1-3H3,(H2,15,18). The molecule has 1 amide bonds. The molecule has 0 saturated heterocycles. The van der Waals surface area contributed by atoms with Gasteiger partial charge in [-0.2, -0.15) is 5.10 Å². The summed E-state index contributed by atoms with van der Waals surface area (Å²) in [6.07, 6.45) is 6.69. The van der Waals surface area contributed by atoms with E-state index in [-0.39, 0.29) is 10.8 Å². The lowest BCUT2D eigenvalue weighted by Gasteiger charge is -2.32. The Morgan fingerprint density at radius 1 is 1.43 bits per heavy atom. The minimum absolute atomic E-state index is 0.101. The van der Waals surface area contributed by atoms with Crippen LogP contribution in [0.5, 0.6) is 0 Å². The molecule has 1 aliphatic rings. The maximum absolute atomic E-state index is 12.2. The summed E-state index contributed by atoms with van der Waals surface area (Å²) in [4.78, 5) is 12.2. The van der Waals surface area contributed by atoms with Crippen molar-refractivity contribution < 1.29 is 13.2 Å². The van der Waals surface area contributed by atoms with Gasteiger partial charge >= 0.3 is 0 Å². The Bertz CT molecular complexity index is 630. The molecule has 1 fully saturated rings. The highest BCUT2D eigenvalue weighted by atomic mass is 32.2. The molecule has 0 bridgehead atoms. The highest BCUT2D eigenvalue weighted by molar-refractivity contribution is 7.92. The van der Waals surface area contributed by atoms with Gasteiger partial charge in [-0.3, -0.25) is 9.48 Å². The van der Waals surface area contributed by atoms with E-state index in [2.05, 4.69) is 5.10 Å². The minimum Gasteiger partial charge on any atom is -0.368 e. The molecular weight excluding hydrogens is 290 g/mol. The van der Waals surface area contributed by atoms with Crippen LogP contribution in [0.3, 0.4) is 0 Å². The predicted molar refractivity (Wildman–Crippen MR) is 79.3 cm³/mol. The van der Waals surface area contributed by atoms with Crippen LogP contribution in [0.2, 0.25) is 0 Å². The van der Waals surface area contributed by atoms with E-state index in [0.717, 1.165) is 25.7 Å². The fraction of sp³-hybridized carbons (Fsp3) is 0.714. The number of aromatic nitrogens is 2. The molecule has 1 aromatic rings. The van der Waals surface area contributed by atoms with Crippen LogP contribution in [0.4, 0.5) is 0 Å². The second kappa shape index (κ2) is 5.44. The summed E-state index contributed by atoms with van der Waals surface area (Å²) in [6, 6.07) is 0. The maximum atomic E-state index is 12.2. The third kappa shape index (κ3) is 2.59. The molecule has 7 heteroatoms. The van der Waals surface area contributed by atoms with Gasteiger partial charge in [0.1, 0.15) is 10.4 Å². The SMILES string of the molecule is CC(C)S(=O)(=O)c1cnn(C(C)(C(N)=O)C2CCCC2)c1. The van der Waals surface area contributed by atoms with E-state index in [4.69, 9.17) is 5.73 Å². The molecule has 1 saturated carbocycles. The van der Waals surface area contributed by atoms with E-state index < -0.39 is 26.5 Å². The largest absolute Gasteiger partial charge is 0.368 e. The Kier molecular flexibility index (Phi) is 4.15. The van der Waals surface area contributed by atoms with Gasteiger partial charge in [-0.15, -0.1) is 0 Å². The van der Waals surface area contributed by atoms with Crippen LogP contribution in [0, 0.1) is 5.92 Å². The van der Waals surface area contributed by atoms with Crippen molar-refractivity contribution in [2.75, 3.05) is 0 Å². The number of primary amides is 1. The molecule has 1 heterocycles. The number of carbonyl (C=O) groups is 1. The van der Waals surface area contributed by atoms with Gasteiger partial charge in [-0.1, -0.05) is 12.8 Å². The van der Waals surface area contributed by atoms with E-state index in [1.165, 1.54) is 17.1 Å². The Hall–Kier alpha value is -1.37. The first-order valence-electron chi connectivity index (χ1n) is 7.29. The molecule has 2 N–H and O–H groups in total. The zero-order valence-electron chi connectivity index (χ0n) is 12.7. The molecule has 6 nitrogen and oxygen atoms in total. The van der Waals surface area contributed by atoms with Gasteiger partial charge in [-0.05, 0) is 39.5 Å². The summed E-state index contributed by atoms with van der Waals surface area (Å²) in [5.74, 6) is -0.365. The van der Waals surface area contributed by atoms with Crippen LogP contribution in [-0.2, 0) is 20.2 Å². The van der Waals surface area contributed by atoms with Gasteiger partial charge in [0.2, 0.25) is 5.91 Å². The zero-order valence-corrected chi connectivity index (χ0v) is 13.6. The molecule has 1 atom stereocenters. The maximum Gasteiger partial charge on any atom is 0.245 e. The average molecular weight is 313 g/mol. The number of sulfone groups is 1. The lowest BCUT2D eigenvalue weighted by Crippen LogP contribution is -2.49. The Labute approximate surface area is 125 Å². The average Bonchev–Trinajstić information content (AvgIpc) is 3.09. The number of nitrogens with two attached hydrogens (primary N) is 1. The van der Waals surface area contributed by atoms with Crippen LogP contribution < -0.4 is 5.73 Å². The van der Waals surface area contributed by atoms with Crippen molar-refractivity contribution >= 4 is 15.7 Å². The quantitative estimate of drug-likeness (QED) is 0.890. The van der Waals surface area contributed by atoms with Crippen molar-refractivity contribution in [2.45, 2.75) is 62.1 Å². The van der Waals surface area contributed by atoms with E-state index in [0.29, 0.717) is 0 Å². The molecule has 0 radical (unpaired) electrons. The van der Waals surface area contributed by atoms with Crippen LogP contribution in [0.25, 0.3) is 0 Å². The lowest BCUT2D eigenvalue weighted by atomic mass is 9.83. The normalized spacial score (nSPS) is 19.8. The summed E-state index contributed by atoms with van der Waals surface area (Å²) >= 11 is 0. The summed E-state index contributed by atoms with van der Waals surface area (Å²) in [5, 5.41) is 3.61. The number of carbonyl (C=O) groups excluding carboxylic acids is 1. The highest BCUT2D eigenvalue weighted by Crippen LogP contribution is 2.38. The first-order chi connectivity index (χ1) is 9.70. The first-order valence-corrected chi connectivity index (χ1v) is 8.84. The monoisotopic (exact) mass is 313 g/mol. The zero-order chi connectivity index (χ0) is 15.8. The van der Waals surface area contributed by atoms with Crippen molar-refractivity contribution in [2.24, 2.45) is 11.7 Å². The van der Waals surface area contributed by atoms with E-state index in [9.17, 15) is 13.2 Å². The fourth-order valence-corrected chi connectivity index (χ4v) is 3.95. The van der Waals surface area contributed by atoms with Gasteiger partial charge in [0.15, 0.2) is 9.84 Å².